The van der Waals surface area contributed by atoms with Gasteiger partial charge in [-0.2, -0.15) is 4.99 Å². The van der Waals surface area contributed by atoms with Gasteiger partial charge in [0.05, 0.1) is 0 Å². The van der Waals surface area contributed by atoms with E-state index in [-0.39, 0.29) is 11.9 Å². The third-order valence-corrected chi connectivity index (χ3v) is 1.22. The van der Waals surface area contributed by atoms with Crippen LogP contribution in [0.3, 0.4) is 0 Å². The van der Waals surface area contributed by atoms with E-state index in [2.05, 4.69) is 4.99 Å². The van der Waals surface area contributed by atoms with Crippen LogP contribution < -0.4 is 11.5 Å². The molecule has 0 saturated carbocycles. The van der Waals surface area contributed by atoms with E-state index < -0.39 is 10.8 Å². The van der Waals surface area contributed by atoms with Gasteiger partial charge in [-0.3, -0.25) is 5.41 Å². The number of nitrogens with zero attached hydrogens (tertiary/aromatic N) is 2. The van der Waals surface area contributed by atoms with Gasteiger partial charge in [0.1, 0.15) is 0 Å². The molecule has 0 spiro atoms. The summed E-state index contributed by atoms with van der Waals surface area (Å²) < 4.78 is 0. The zero-order valence-corrected chi connectivity index (χ0v) is 9.75. The van der Waals surface area contributed by atoms with E-state index in [1.807, 2.05) is 0 Å². The summed E-state index contributed by atoms with van der Waals surface area (Å²) in [5.74, 6) is -1.25. The number of aliphatic imine (C=N–C) groups is 1. The summed E-state index contributed by atoms with van der Waals surface area (Å²) in [7, 11) is 3.38. The zero-order valence-electron chi connectivity index (χ0n) is 8.24. The first kappa shape index (κ1) is 16.2. The first-order chi connectivity index (χ1) is 6.68. The number of hydrogen-bond donors (Lipinski definition) is 4. The summed E-state index contributed by atoms with van der Waals surface area (Å²) in [6.45, 7) is 0. The van der Waals surface area contributed by atoms with Gasteiger partial charge >= 0.3 is 5.97 Å². The van der Waals surface area contributed by atoms with Gasteiger partial charge in [-0.15, -0.1) is 0 Å². The van der Waals surface area contributed by atoms with E-state index >= 15 is 0 Å². The summed E-state index contributed by atoms with van der Waals surface area (Å²) in [5, 5.41) is 14.8. The normalized spacial score (nSPS) is 8.60. The third-order valence-electron chi connectivity index (χ3n) is 0.845. The van der Waals surface area contributed by atoms with Crippen molar-refractivity contribution in [3.8, 4) is 0 Å². The van der Waals surface area contributed by atoms with Gasteiger partial charge in [-0.1, -0.05) is 23.2 Å². The predicted molar refractivity (Wildman–Crippen MR) is 60.4 cm³/mol. The summed E-state index contributed by atoms with van der Waals surface area (Å²) in [4.78, 5) is 13.1. The fourth-order valence-corrected chi connectivity index (χ4v) is 0.222. The van der Waals surface area contributed by atoms with Crippen LogP contribution in [0.2, 0.25) is 0 Å². The third kappa shape index (κ3) is 12.8. The maximum Gasteiger partial charge on any atom is 0.337 e. The quantitative estimate of drug-likeness (QED) is 0.290. The second-order valence-electron chi connectivity index (χ2n) is 2.39. The number of carbonyl (C=O) groups is 1. The largest absolute Gasteiger partial charge is 0.479 e. The molecule has 0 aromatic heterocycles. The number of halogens is 2. The number of carboxylic acids is 1. The van der Waals surface area contributed by atoms with E-state index in [1.165, 1.54) is 4.90 Å². The van der Waals surface area contributed by atoms with Crippen LogP contribution in [0.4, 0.5) is 0 Å². The van der Waals surface area contributed by atoms with Crippen molar-refractivity contribution in [1.82, 2.24) is 4.90 Å². The lowest BCUT2D eigenvalue weighted by atomic mass is 10.8. The summed E-state index contributed by atoms with van der Waals surface area (Å²) in [5.41, 5.74) is 9.98. The average molecular weight is 258 g/mol. The van der Waals surface area contributed by atoms with Gasteiger partial charge in [0, 0.05) is 14.1 Å². The highest BCUT2D eigenvalue weighted by molar-refractivity contribution is 6.52. The van der Waals surface area contributed by atoms with Gasteiger partial charge in [-0.05, 0) is 0 Å². The lowest BCUT2D eigenvalue weighted by Crippen LogP contribution is -2.28. The molecule has 0 bridgehead atoms. The number of hydrogen-bond acceptors (Lipinski definition) is 2. The first-order valence-corrected chi connectivity index (χ1v) is 4.42. The summed E-state index contributed by atoms with van der Waals surface area (Å²) in [6.07, 6.45) is 0. The second-order valence-corrected chi connectivity index (χ2v) is 3.49. The molecule has 0 aliphatic heterocycles. The maximum atomic E-state index is 9.44. The maximum absolute atomic E-state index is 9.44. The topological polar surface area (TPSA) is 129 Å². The van der Waals surface area contributed by atoms with Crippen molar-refractivity contribution in [3.05, 3.63) is 0 Å². The van der Waals surface area contributed by atoms with Crippen LogP contribution in [0.25, 0.3) is 0 Å². The van der Waals surface area contributed by atoms with Gasteiger partial charge in [-0.25, -0.2) is 4.79 Å². The van der Waals surface area contributed by atoms with Crippen molar-refractivity contribution in [2.75, 3.05) is 14.1 Å². The Balaban J connectivity index is 0. The molecule has 6 N–H and O–H groups in total. The minimum absolute atomic E-state index is 0.0509. The molecule has 0 heterocycles. The Labute approximate surface area is 97.2 Å². The number of carboxylic acid groups (broad SMARTS) is 1. The van der Waals surface area contributed by atoms with Crippen LogP contribution in [-0.4, -0.2) is 46.8 Å². The Morgan fingerprint density at radius 1 is 1.47 bits per heavy atom. The lowest BCUT2D eigenvalue weighted by Gasteiger charge is -2.07. The number of rotatable bonds is 1. The van der Waals surface area contributed by atoms with Crippen molar-refractivity contribution in [2.45, 2.75) is 4.84 Å². The van der Waals surface area contributed by atoms with Crippen molar-refractivity contribution in [2.24, 2.45) is 16.5 Å². The molecule has 0 aromatic rings. The van der Waals surface area contributed by atoms with E-state index in [4.69, 9.17) is 45.2 Å². The molecule has 7 nitrogen and oxygen atoms in total. The Kier molecular flexibility index (Phi) is 8.79. The van der Waals surface area contributed by atoms with Crippen molar-refractivity contribution >= 4 is 41.1 Å². The van der Waals surface area contributed by atoms with Crippen LogP contribution >= 0.6 is 23.2 Å². The molecule has 0 aromatic carbocycles. The van der Waals surface area contributed by atoms with Crippen molar-refractivity contribution < 1.29 is 9.90 Å². The van der Waals surface area contributed by atoms with Gasteiger partial charge in [0.15, 0.2) is 5.96 Å². The van der Waals surface area contributed by atoms with Crippen LogP contribution in [-0.2, 0) is 4.79 Å². The number of alkyl halides is 2. The number of nitrogens with one attached hydrogen (secondary N) is 1. The van der Waals surface area contributed by atoms with E-state index in [0.29, 0.717) is 0 Å². The minimum Gasteiger partial charge on any atom is -0.479 e. The molecule has 0 atom stereocenters. The molecule has 9 heteroatoms. The van der Waals surface area contributed by atoms with E-state index in [9.17, 15) is 4.79 Å². The van der Waals surface area contributed by atoms with E-state index in [0.717, 1.165) is 0 Å². The molecule has 0 fully saturated rings. The predicted octanol–water partition coefficient (Wildman–Crippen LogP) is -0.369. The standard InChI is InChI=1S/C4H11N5.C2H2Cl2O2/c1-9(2)4(7)8-3(5)6;3-1(4)2(5)6/h1-2H3,(H5,5,6,7,8);1H,(H,5,6). The number of guanidine groups is 2. The van der Waals surface area contributed by atoms with Crippen LogP contribution in [0.15, 0.2) is 4.99 Å². The van der Waals surface area contributed by atoms with Crippen LogP contribution in [0, 0.1) is 5.41 Å². The Hall–Kier alpha value is -1.21. The fourth-order valence-electron chi connectivity index (χ4n) is 0.222. The smallest absolute Gasteiger partial charge is 0.337 e. The number of nitrogens with two attached hydrogens (primary N) is 2. The molecule has 0 aliphatic rings. The Morgan fingerprint density at radius 3 is 1.87 bits per heavy atom. The van der Waals surface area contributed by atoms with Crippen molar-refractivity contribution in [1.29, 1.82) is 5.41 Å². The minimum atomic E-state index is -1.29. The monoisotopic (exact) mass is 257 g/mol. The molecule has 15 heavy (non-hydrogen) atoms. The molecular weight excluding hydrogens is 245 g/mol. The molecule has 0 radical (unpaired) electrons. The summed E-state index contributed by atoms with van der Waals surface area (Å²) >= 11 is 9.56. The highest BCUT2D eigenvalue weighted by atomic mass is 35.5. The number of aliphatic carboxylic acids is 1. The van der Waals surface area contributed by atoms with Gasteiger partial charge < -0.3 is 21.5 Å². The van der Waals surface area contributed by atoms with E-state index in [1.54, 1.807) is 14.1 Å². The molecular formula is C6H13Cl2N5O2. The SMILES string of the molecule is CN(C)C(=N)N=C(N)N.O=C(O)C(Cl)Cl. The molecule has 0 saturated heterocycles. The Morgan fingerprint density at radius 2 is 1.80 bits per heavy atom. The van der Waals surface area contributed by atoms with Crippen molar-refractivity contribution in [3.63, 3.8) is 0 Å². The first-order valence-electron chi connectivity index (χ1n) is 3.55. The zero-order chi connectivity index (χ0) is 12.6. The van der Waals surface area contributed by atoms with Crippen LogP contribution in [0.5, 0.6) is 0 Å². The highest BCUT2D eigenvalue weighted by Gasteiger charge is 2.05. The second kappa shape index (κ2) is 8.13. The Bertz CT molecular complexity index is 250. The summed E-state index contributed by atoms with van der Waals surface area (Å²) in [6, 6.07) is 0. The molecule has 88 valence electrons. The molecule has 0 unspecified atom stereocenters. The fraction of sp³-hybridized carbons (Fsp3) is 0.500. The molecule has 0 amide bonds. The van der Waals surface area contributed by atoms with Gasteiger partial charge in [0.2, 0.25) is 10.8 Å². The lowest BCUT2D eigenvalue weighted by molar-refractivity contribution is -0.135. The molecule has 0 rings (SSSR count). The van der Waals surface area contributed by atoms with Crippen LogP contribution in [0.1, 0.15) is 0 Å². The average Bonchev–Trinajstić information content (AvgIpc) is 2.03. The molecule has 0 aliphatic carbocycles. The highest BCUT2D eigenvalue weighted by Crippen LogP contribution is 1.98. The van der Waals surface area contributed by atoms with Gasteiger partial charge in [0.25, 0.3) is 0 Å².